The van der Waals surface area contributed by atoms with E-state index >= 15 is 0 Å². The first-order valence-electron chi connectivity index (χ1n) is 5.97. The van der Waals surface area contributed by atoms with Crippen molar-refractivity contribution in [1.82, 2.24) is 0 Å². The van der Waals surface area contributed by atoms with Gasteiger partial charge in [-0.15, -0.1) is 0 Å². The lowest BCUT2D eigenvalue weighted by molar-refractivity contribution is -0.115. The van der Waals surface area contributed by atoms with Gasteiger partial charge in [-0.3, -0.25) is 9.59 Å². The third-order valence-electron chi connectivity index (χ3n) is 3.17. The Morgan fingerprint density at radius 1 is 1.20 bits per heavy atom. The van der Waals surface area contributed by atoms with Crippen LogP contribution in [0.25, 0.3) is 0 Å². The molecular formula is C15H9ClFNO2. The lowest BCUT2D eigenvalue weighted by Crippen LogP contribution is -2.03. The molecule has 2 aromatic rings. The van der Waals surface area contributed by atoms with Crippen LogP contribution in [0.5, 0.6) is 0 Å². The van der Waals surface area contributed by atoms with Gasteiger partial charge in [0.15, 0.2) is 5.78 Å². The summed E-state index contributed by atoms with van der Waals surface area (Å²) in [5, 5.41) is 2.93. The predicted molar refractivity (Wildman–Crippen MR) is 73.6 cm³/mol. The maximum Gasteiger partial charge on any atom is 0.228 e. The van der Waals surface area contributed by atoms with Gasteiger partial charge in [-0.25, -0.2) is 4.39 Å². The Morgan fingerprint density at radius 2 is 1.90 bits per heavy atom. The zero-order chi connectivity index (χ0) is 14.3. The highest BCUT2D eigenvalue weighted by atomic mass is 35.5. The topological polar surface area (TPSA) is 46.2 Å². The van der Waals surface area contributed by atoms with Gasteiger partial charge in [-0.1, -0.05) is 11.6 Å². The summed E-state index contributed by atoms with van der Waals surface area (Å²) in [6, 6.07) is 8.44. The second-order valence-electron chi connectivity index (χ2n) is 4.55. The van der Waals surface area contributed by atoms with E-state index in [1.165, 1.54) is 24.3 Å². The Morgan fingerprint density at radius 3 is 2.60 bits per heavy atom. The molecule has 0 atom stereocenters. The zero-order valence-electron chi connectivity index (χ0n) is 10.2. The van der Waals surface area contributed by atoms with Crippen molar-refractivity contribution in [3.8, 4) is 0 Å². The first-order valence-corrected chi connectivity index (χ1v) is 6.35. The maximum absolute atomic E-state index is 12.9. The van der Waals surface area contributed by atoms with Gasteiger partial charge in [0.05, 0.1) is 11.4 Å². The Labute approximate surface area is 119 Å². The van der Waals surface area contributed by atoms with Crippen LogP contribution in [0.15, 0.2) is 36.4 Å². The lowest BCUT2D eigenvalue weighted by atomic mass is 10.00. The molecule has 2 aromatic carbocycles. The van der Waals surface area contributed by atoms with E-state index in [4.69, 9.17) is 11.6 Å². The molecule has 1 N–H and O–H groups in total. The molecule has 100 valence electrons. The van der Waals surface area contributed by atoms with Gasteiger partial charge in [-0.05, 0) is 42.0 Å². The van der Waals surface area contributed by atoms with Crippen molar-refractivity contribution in [2.24, 2.45) is 0 Å². The minimum absolute atomic E-state index is 0.123. The molecule has 1 heterocycles. The van der Waals surface area contributed by atoms with Gasteiger partial charge < -0.3 is 5.32 Å². The second kappa shape index (κ2) is 4.72. The maximum atomic E-state index is 12.9. The molecule has 20 heavy (non-hydrogen) atoms. The summed E-state index contributed by atoms with van der Waals surface area (Å²) >= 11 is 6.09. The molecule has 0 bridgehead atoms. The molecule has 0 radical (unpaired) electrons. The molecule has 0 spiro atoms. The van der Waals surface area contributed by atoms with E-state index in [2.05, 4.69) is 5.32 Å². The van der Waals surface area contributed by atoms with E-state index in [1.807, 2.05) is 0 Å². The van der Waals surface area contributed by atoms with E-state index in [9.17, 15) is 14.0 Å². The van der Waals surface area contributed by atoms with Crippen LogP contribution in [0.2, 0.25) is 5.02 Å². The van der Waals surface area contributed by atoms with Crippen LogP contribution in [0, 0.1) is 5.82 Å². The summed E-state index contributed by atoms with van der Waals surface area (Å²) < 4.78 is 12.9. The third-order valence-corrected chi connectivity index (χ3v) is 3.48. The summed E-state index contributed by atoms with van der Waals surface area (Å²) in [5.41, 5.74) is 2.04. The number of nitrogens with one attached hydrogen (secondary N) is 1. The molecule has 1 aliphatic rings. The molecule has 3 nitrogen and oxygen atoms in total. The van der Waals surface area contributed by atoms with Crippen molar-refractivity contribution in [1.29, 1.82) is 0 Å². The highest BCUT2D eigenvalue weighted by molar-refractivity contribution is 6.35. The van der Waals surface area contributed by atoms with Crippen molar-refractivity contribution >= 4 is 29.0 Å². The number of hydrogen-bond donors (Lipinski definition) is 1. The predicted octanol–water partition coefficient (Wildman–Crippen LogP) is 3.20. The van der Waals surface area contributed by atoms with Gasteiger partial charge in [0, 0.05) is 16.8 Å². The number of hydrogen-bond acceptors (Lipinski definition) is 2. The van der Waals surface area contributed by atoms with E-state index in [1.54, 1.807) is 12.1 Å². The molecule has 0 unspecified atom stereocenters. The molecule has 0 saturated heterocycles. The zero-order valence-corrected chi connectivity index (χ0v) is 11.0. The molecule has 1 amide bonds. The van der Waals surface area contributed by atoms with Gasteiger partial charge in [0.1, 0.15) is 5.82 Å². The van der Waals surface area contributed by atoms with Gasteiger partial charge in [0.25, 0.3) is 0 Å². The van der Waals surface area contributed by atoms with Crippen LogP contribution in [0.1, 0.15) is 21.5 Å². The fraction of sp³-hybridized carbons (Fsp3) is 0.0667. The van der Waals surface area contributed by atoms with Crippen LogP contribution in [-0.4, -0.2) is 11.7 Å². The van der Waals surface area contributed by atoms with Gasteiger partial charge >= 0.3 is 0 Å². The highest BCUT2D eigenvalue weighted by Crippen LogP contribution is 2.31. The Balaban J connectivity index is 2.02. The summed E-state index contributed by atoms with van der Waals surface area (Å²) in [6.45, 7) is 0. The summed E-state index contributed by atoms with van der Waals surface area (Å²) in [4.78, 5) is 23.7. The first-order chi connectivity index (χ1) is 9.54. The van der Waals surface area contributed by atoms with Crippen molar-refractivity contribution in [3.63, 3.8) is 0 Å². The van der Waals surface area contributed by atoms with Crippen molar-refractivity contribution < 1.29 is 14.0 Å². The van der Waals surface area contributed by atoms with E-state index in [-0.39, 0.29) is 23.1 Å². The number of amides is 1. The van der Waals surface area contributed by atoms with Gasteiger partial charge in [0.2, 0.25) is 5.91 Å². The normalized spacial score (nSPS) is 13.0. The molecule has 0 aromatic heterocycles. The number of rotatable bonds is 2. The molecular weight excluding hydrogens is 281 g/mol. The van der Waals surface area contributed by atoms with Crippen molar-refractivity contribution in [3.05, 3.63) is 63.9 Å². The number of carbonyl (C=O) groups is 2. The number of carbonyl (C=O) groups excluding carboxylic acids is 2. The van der Waals surface area contributed by atoms with Crippen LogP contribution < -0.4 is 5.32 Å². The third kappa shape index (κ3) is 2.18. The minimum atomic E-state index is -0.406. The Kier molecular flexibility index (Phi) is 3.03. The second-order valence-corrected chi connectivity index (χ2v) is 4.96. The molecule has 1 aliphatic heterocycles. The van der Waals surface area contributed by atoms with Crippen LogP contribution >= 0.6 is 11.6 Å². The van der Waals surface area contributed by atoms with Crippen molar-refractivity contribution in [2.75, 3.05) is 5.32 Å². The fourth-order valence-corrected chi connectivity index (χ4v) is 2.43. The summed E-state index contributed by atoms with van der Waals surface area (Å²) in [7, 11) is 0. The van der Waals surface area contributed by atoms with Crippen molar-refractivity contribution in [2.45, 2.75) is 6.42 Å². The monoisotopic (exact) mass is 289 g/mol. The lowest BCUT2D eigenvalue weighted by Gasteiger charge is -2.07. The highest BCUT2D eigenvalue weighted by Gasteiger charge is 2.22. The standard InChI is InChI=1S/C15H9ClFNO2/c16-12-7-13-9(6-14(19)18-13)5-11(12)15(20)8-1-3-10(17)4-2-8/h1-5,7H,6H2,(H,18,19). The number of anilines is 1. The molecule has 0 saturated carbocycles. The number of ketones is 1. The number of halogens is 2. The Bertz CT molecular complexity index is 725. The summed E-state index contributed by atoms with van der Waals surface area (Å²) in [5.74, 6) is -0.823. The quantitative estimate of drug-likeness (QED) is 0.863. The average molecular weight is 290 g/mol. The molecule has 0 fully saturated rings. The van der Waals surface area contributed by atoms with Crippen LogP contribution in [0.3, 0.4) is 0 Å². The van der Waals surface area contributed by atoms with Gasteiger partial charge in [-0.2, -0.15) is 0 Å². The average Bonchev–Trinajstić information content (AvgIpc) is 2.77. The van der Waals surface area contributed by atoms with E-state index < -0.39 is 5.82 Å². The van der Waals surface area contributed by atoms with Crippen LogP contribution in [-0.2, 0) is 11.2 Å². The van der Waals surface area contributed by atoms with E-state index in [0.29, 0.717) is 16.8 Å². The largest absolute Gasteiger partial charge is 0.325 e. The molecule has 5 heteroatoms. The first kappa shape index (κ1) is 12.8. The molecule has 3 rings (SSSR count). The van der Waals surface area contributed by atoms with E-state index in [0.717, 1.165) is 5.56 Å². The SMILES string of the molecule is O=C1Cc2cc(C(=O)c3ccc(F)cc3)c(Cl)cc2N1. The number of benzene rings is 2. The number of fused-ring (bicyclic) bond motifs is 1. The molecule has 0 aliphatic carbocycles. The van der Waals surface area contributed by atoms with Crippen LogP contribution in [0.4, 0.5) is 10.1 Å². The smallest absolute Gasteiger partial charge is 0.228 e. The Hall–Kier alpha value is -2.20. The fourth-order valence-electron chi connectivity index (χ4n) is 2.18. The summed E-state index contributed by atoms with van der Waals surface area (Å²) in [6.07, 6.45) is 0.232. The minimum Gasteiger partial charge on any atom is -0.325 e.